The number of nitrogens with one attached hydrogen (secondary N) is 1. The topological polar surface area (TPSA) is 68.3 Å². The van der Waals surface area contributed by atoms with E-state index >= 15 is 0 Å². The Kier molecular flexibility index (Phi) is 6.40. The smallest absolute Gasteiger partial charge is 0.339 e. The van der Waals surface area contributed by atoms with Crippen molar-refractivity contribution in [3.63, 3.8) is 0 Å². The van der Waals surface area contributed by atoms with E-state index in [0.29, 0.717) is 38.6 Å². The Bertz CT molecular complexity index is 1080. The second-order valence-corrected chi connectivity index (χ2v) is 7.50. The number of pyridine rings is 1. The molecule has 0 saturated heterocycles. The summed E-state index contributed by atoms with van der Waals surface area (Å²) in [5.74, 6) is -1.05. The highest BCUT2D eigenvalue weighted by Crippen LogP contribution is 2.25. The van der Waals surface area contributed by atoms with E-state index in [1.807, 2.05) is 38.1 Å². The monoisotopic (exact) mass is 430 g/mol. The molecule has 5 nitrogen and oxygen atoms in total. The van der Waals surface area contributed by atoms with Gasteiger partial charge < -0.3 is 10.1 Å². The quantitative estimate of drug-likeness (QED) is 0.535. The minimum atomic E-state index is -1.02. The molecule has 0 spiro atoms. The molecule has 1 amide bonds. The van der Waals surface area contributed by atoms with E-state index in [4.69, 9.17) is 27.9 Å². The van der Waals surface area contributed by atoms with E-state index in [0.717, 1.165) is 11.3 Å². The van der Waals surface area contributed by atoms with E-state index in [9.17, 15) is 9.59 Å². The fraction of sp³-hybridized carbons (Fsp3) is 0.227. The van der Waals surface area contributed by atoms with Crippen molar-refractivity contribution in [2.45, 2.75) is 33.3 Å². The average Bonchev–Trinajstić information content (AvgIpc) is 2.66. The summed E-state index contributed by atoms with van der Waals surface area (Å²) in [4.78, 5) is 30.0. The van der Waals surface area contributed by atoms with Crippen molar-refractivity contribution in [3.05, 3.63) is 69.3 Å². The van der Waals surface area contributed by atoms with Crippen LogP contribution < -0.4 is 5.32 Å². The van der Waals surface area contributed by atoms with Gasteiger partial charge >= 0.3 is 5.97 Å². The van der Waals surface area contributed by atoms with Crippen LogP contribution in [0.1, 0.15) is 35.5 Å². The zero-order chi connectivity index (χ0) is 21.1. The van der Waals surface area contributed by atoms with Crippen LogP contribution in [0.25, 0.3) is 10.9 Å². The van der Waals surface area contributed by atoms with Crippen LogP contribution in [0.3, 0.4) is 0 Å². The molecule has 1 heterocycles. The largest absolute Gasteiger partial charge is 0.449 e. The number of halogens is 2. The number of aryl methyl sites for hydroxylation is 1. The Morgan fingerprint density at radius 1 is 1.14 bits per heavy atom. The predicted molar refractivity (Wildman–Crippen MR) is 116 cm³/mol. The lowest BCUT2D eigenvalue weighted by Gasteiger charge is -2.17. The molecule has 0 aliphatic heterocycles. The van der Waals surface area contributed by atoms with Crippen molar-refractivity contribution >= 4 is 51.7 Å². The summed E-state index contributed by atoms with van der Waals surface area (Å²) in [5.41, 5.74) is 3.14. The minimum absolute atomic E-state index is 0.392. The number of aromatic nitrogens is 1. The summed E-state index contributed by atoms with van der Waals surface area (Å²) in [6.07, 6.45) is -0.334. The van der Waals surface area contributed by atoms with Gasteiger partial charge in [0.15, 0.2) is 6.10 Å². The van der Waals surface area contributed by atoms with Crippen molar-refractivity contribution in [2.24, 2.45) is 0 Å². The summed E-state index contributed by atoms with van der Waals surface area (Å²) in [7, 11) is 0. The van der Waals surface area contributed by atoms with E-state index in [1.54, 1.807) is 18.2 Å². The number of esters is 1. The van der Waals surface area contributed by atoms with Crippen molar-refractivity contribution < 1.29 is 14.3 Å². The van der Waals surface area contributed by atoms with Gasteiger partial charge in [0.1, 0.15) is 0 Å². The maximum atomic E-state index is 13.0. The SMILES string of the molecule is CCc1nc2ccccc2c(C(=O)OC(C)C(=O)Nc2cc(Cl)cc(Cl)c2)c1C. The highest BCUT2D eigenvalue weighted by molar-refractivity contribution is 6.35. The molecule has 0 aliphatic carbocycles. The first-order chi connectivity index (χ1) is 13.8. The molecule has 7 heteroatoms. The molecule has 3 aromatic rings. The maximum absolute atomic E-state index is 13.0. The first-order valence-corrected chi connectivity index (χ1v) is 9.92. The molecule has 2 aromatic carbocycles. The first kappa shape index (κ1) is 21.1. The third-order valence-electron chi connectivity index (χ3n) is 4.56. The number of carbonyl (C=O) groups excluding carboxylic acids is 2. The number of nitrogens with zero attached hydrogens (tertiary/aromatic N) is 1. The Labute approximate surface area is 179 Å². The maximum Gasteiger partial charge on any atom is 0.339 e. The van der Waals surface area contributed by atoms with Crippen molar-refractivity contribution in [3.8, 4) is 0 Å². The zero-order valence-corrected chi connectivity index (χ0v) is 17.8. The van der Waals surface area contributed by atoms with Crippen LogP contribution in [0, 0.1) is 6.92 Å². The van der Waals surface area contributed by atoms with Crippen LogP contribution in [0.15, 0.2) is 42.5 Å². The van der Waals surface area contributed by atoms with E-state index in [-0.39, 0.29) is 0 Å². The summed E-state index contributed by atoms with van der Waals surface area (Å²) in [5, 5.41) is 4.14. The first-order valence-electron chi connectivity index (χ1n) is 9.16. The molecule has 0 fully saturated rings. The van der Waals surface area contributed by atoms with Gasteiger partial charge in [0, 0.05) is 26.8 Å². The number of carbonyl (C=O) groups is 2. The van der Waals surface area contributed by atoms with Crippen LogP contribution in [-0.4, -0.2) is 23.0 Å². The summed E-state index contributed by atoms with van der Waals surface area (Å²) < 4.78 is 5.47. The lowest BCUT2D eigenvalue weighted by molar-refractivity contribution is -0.123. The molecule has 0 aliphatic rings. The van der Waals surface area contributed by atoms with Gasteiger partial charge in [-0.25, -0.2) is 4.79 Å². The van der Waals surface area contributed by atoms with Gasteiger partial charge in [0.05, 0.1) is 11.1 Å². The number of amides is 1. The number of hydrogen-bond donors (Lipinski definition) is 1. The Morgan fingerprint density at radius 3 is 2.45 bits per heavy atom. The molecule has 0 bridgehead atoms. The molecule has 1 N–H and O–H groups in total. The number of benzene rings is 2. The number of hydrogen-bond acceptors (Lipinski definition) is 4. The van der Waals surface area contributed by atoms with Crippen LogP contribution in [-0.2, 0) is 16.0 Å². The number of anilines is 1. The number of ether oxygens (including phenoxy) is 1. The lowest BCUT2D eigenvalue weighted by atomic mass is 10.0. The average molecular weight is 431 g/mol. The summed E-state index contributed by atoms with van der Waals surface area (Å²) >= 11 is 11.9. The summed E-state index contributed by atoms with van der Waals surface area (Å²) in [6.45, 7) is 5.33. The molecule has 0 saturated carbocycles. The van der Waals surface area contributed by atoms with Crippen LogP contribution in [0.2, 0.25) is 10.0 Å². The Hall–Kier alpha value is -2.63. The number of rotatable bonds is 5. The highest BCUT2D eigenvalue weighted by atomic mass is 35.5. The third kappa shape index (κ3) is 4.69. The number of fused-ring (bicyclic) bond motifs is 1. The van der Waals surface area contributed by atoms with E-state index in [2.05, 4.69) is 10.3 Å². The van der Waals surface area contributed by atoms with Gasteiger partial charge in [0.2, 0.25) is 0 Å². The standard InChI is InChI=1S/C22H20Cl2N2O3/c1-4-18-12(2)20(17-7-5-6-8-19(17)26-18)22(28)29-13(3)21(27)25-16-10-14(23)9-15(24)11-16/h5-11,13H,4H2,1-3H3,(H,25,27). The van der Waals surface area contributed by atoms with Gasteiger partial charge in [-0.05, 0) is 50.1 Å². The molecule has 29 heavy (non-hydrogen) atoms. The molecule has 1 unspecified atom stereocenters. The van der Waals surface area contributed by atoms with Crippen LogP contribution in [0.5, 0.6) is 0 Å². The van der Waals surface area contributed by atoms with Gasteiger partial charge in [-0.1, -0.05) is 48.3 Å². The van der Waals surface area contributed by atoms with E-state index in [1.165, 1.54) is 6.92 Å². The van der Waals surface area contributed by atoms with Gasteiger partial charge in [-0.3, -0.25) is 9.78 Å². The highest BCUT2D eigenvalue weighted by Gasteiger charge is 2.23. The normalized spacial score (nSPS) is 11.9. The molecule has 1 aromatic heterocycles. The minimum Gasteiger partial charge on any atom is -0.449 e. The molecule has 150 valence electrons. The molecule has 0 radical (unpaired) electrons. The van der Waals surface area contributed by atoms with Gasteiger partial charge in [0.25, 0.3) is 5.91 Å². The van der Waals surface area contributed by atoms with Crippen LogP contribution >= 0.6 is 23.2 Å². The third-order valence-corrected chi connectivity index (χ3v) is 5.00. The second kappa shape index (κ2) is 8.80. The van der Waals surface area contributed by atoms with Crippen molar-refractivity contribution in [1.29, 1.82) is 0 Å². The van der Waals surface area contributed by atoms with Crippen molar-refractivity contribution in [2.75, 3.05) is 5.32 Å². The summed E-state index contributed by atoms with van der Waals surface area (Å²) in [6, 6.07) is 12.1. The lowest BCUT2D eigenvalue weighted by Crippen LogP contribution is -2.30. The molecular weight excluding hydrogens is 411 g/mol. The molecule has 1 atom stereocenters. The van der Waals surface area contributed by atoms with Gasteiger partial charge in [-0.15, -0.1) is 0 Å². The fourth-order valence-electron chi connectivity index (χ4n) is 3.11. The van der Waals surface area contributed by atoms with Crippen molar-refractivity contribution in [1.82, 2.24) is 4.98 Å². The Balaban J connectivity index is 1.84. The Morgan fingerprint density at radius 2 is 1.79 bits per heavy atom. The van der Waals surface area contributed by atoms with Crippen LogP contribution in [0.4, 0.5) is 5.69 Å². The predicted octanol–water partition coefficient (Wildman–Crippen LogP) is 5.60. The van der Waals surface area contributed by atoms with Gasteiger partial charge in [-0.2, -0.15) is 0 Å². The second-order valence-electron chi connectivity index (χ2n) is 6.62. The molecule has 3 rings (SSSR count). The number of para-hydroxylation sites is 1. The molecular formula is C22H20Cl2N2O3. The van der Waals surface area contributed by atoms with E-state index < -0.39 is 18.0 Å². The zero-order valence-electron chi connectivity index (χ0n) is 16.3. The fourth-order valence-corrected chi connectivity index (χ4v) is 3.63.